The molecule has 0 unspecified atom stereocenters. The van der Waals surface area contributed by atoms with Gasteiger partial charge in [0.1, 0.15) is 0 Å². The molecule has 4 N–H and O–H groups in total. The molecule has 4 nitrogen and oxygen atoms in total. The number of hydrogen-bond donors (Lipinski definition) is 2. The van der Waals surface area contributed by atoms with Gasteiger partial charge in [-0.25, -0.2) is 0 Å². The van der Waals surface area contributed by atoms with Crippen LogP contribution in [0, 0.1) is 0 Å². The van der Waals surface area contributed by atoms with Gasteiger partial charge in [0.15, 0.2) is 0 Å². The van der Waals surface area contributed by atoms with Gasteiger partial charge >= 0.3 is 143 Å². The molecule has 0 aliphatic rings. The van der Waals surface area contributed by atoms with E-state index >= 15 is 0 Å². The van der Waals surface area contributed by atoms with E-state index in [2.05, 4.69) is 20.8 Å². The Balaban J connectivity index is 5.71. The molecule has 0 amide bonds. The van der Waals surface area contributed by atoms with Gasteiger partial charge in [-0.15, -0.1) is 0 Å². The Labute approximate surface area is 144 Å². The van der Waals surface area contributed by atoms with Gasteiger partial charge < -0.3 is 0 Å². The summed E-state index contributed by atoms with van der Waals surface area (Å²) in [5, 5.41) is 0. The summed E-state index contributed by atoms with van der Waals surface area (Å²) in [4.78, 5) is 12.5. The summed E-state index contributed by atoms with van der Waals surface area (Å²) >= 11 is 0. The van der Waals surface area contributed by atoms with E-state index in [4.69, 9.17) is 16.0 Å². The molecule has 0 heterocycles. The molecule has 0 aliphatic heterocycles. The average Bonchev–Trinajstić information content (AvgIpc) is 2.55. The second kappa shape index (κ2) is 11.4. The maximum atomic E-state index is 12.5. The van der Waals surface area contributed by atoms with Crippen molar-refractivity contribution in [2.24, 2.45) is 11.5 Å². The molecule has 0 saturated heterocycles. The van der Waals surface area contributed by atoms with Gasteiger partial charge in [-0.2, -0.15) is 0 Å². The number of rotatable bonds is 14. The summed E-state index contributed by atoms with van der Waals surface area (Å²) in [6.07, 6.45) is 11.9. The number of carbonyl (C=O) groups excluding carboxylic acids is 1. The number of hydrogen-bond acceptors (Lipinski definition) is 4. The zero-order chi connectivity index (χ0) is 17.8. The summed E-state index contributed by atoms with van der Waals surface area (Å²) in [5.74, 6) is -0.206. The minimum atomic E-state index is -2.56. The molecule has 23 heavy (non-hydrogen) atoms. The molecule has 0 bridgehead atoms. The monoisotopic (exact) mass is 348 g/mol. The quantitative estimate of drug-likeness (QED) is 0.463. The van der Waals surface area contributed by atoms with Crippen molar-refractivity contribution in [3.63, 3.8) is 0 Å². The van der Waals surface area contributed by atoms with E-state index in [0.717, 1.165) is 69.6 Å². The van der Waals surface area contributed by atoms with E-state index in [1.807, 2.05) is 0 Å². The van der Waals surface area contributed by atoms with E-state index in [-0.39, 0.29) is 5.97 Å². The number of unbranched alkanes of at least 4 members (excludes halogenated alkanes) is 3. The normalized spacial score (nSPS) is 15.0. The SMILES string of the molecule is CCCCP(CCCC)(CCCC)(CCCN)OC(=O)[C@H](C)N. The van der Waals surface area contributed by atoms with Crippen LogP contribution in [-0.2, 0) is 9.32 Å². The van der Waals surface area contributed by atoms with E-state index in [1.165, 1.54) is 0 Å². The van der Waals surface area contributed by atoms with Crippen molar-refractivity contribution in [1.29, 1.82) is 0 Å². The van der Waals surface area contributed by atoms with Gasteiger partial charge in [0.25, 0.3) is 0 Å². The summed E-state index contributed by atoms with van der Waals surface area (Å²) in [6, 6.07) is -0.542. The maximum absolute atomic E-state index is 12.5. The molecule has 0 spiro atoms. The first-order valence-electron chi connectivity index (χ1n) is 9.58. The van der Waals surface area contributed by atoms with Crippen molar-refractivity contribution >= 4 is 12.8 Å². The van der Waals surface area contributed by atoms with Crippen LogP contribution in [0.3, 0.4) is 0 Å². The van der Waals surface area contributed by atoms with E-state index in [9.17, 15) is 4.79 Å². The van der Waals surface area contributed by atoms with Crippen LogP contribution in [0.15, 0.2) is 0 Å². The molecule has 0 aromatic rings. The Morgan fingerprint density at radius 2 is 1.30 bits per heavy atom. The molecule has 0 aromatic heterocycles. The molecular formula is C18H41N2O2P. The van der Waals surface area contributed by atoms with Gasteiger partial charge in [-0.3, -0.25) is 0 Å². The average molecular weight is 349 g/mol. The third kappa shape index (κ3) is 7.49. The van der Waals surface area contributed by atoms with Crippen molar-refractivity contribution in [3.05, 3.63) is 0 Å². The molecular weight excluding hydrogens is 307 g/mol. The van der Waals surface area contributed by atoms with Crippen LogP contribution >= 0.6 is 6.83 Å². The molecule has 0 rings (SSSR count). The van der Waals surface area contributed by atoms with Gasteiger partial charge in [-0.1, -0.05) is 0 Å². The first-order chi connectivity index (χ1) is 10.9. The van der Waals surface area contributed by atoms with Gasteiger partial charge in [0.2, 0.25) is 0 Å². The fourth-order valence-corrected chi connectivity index (χ4v) is 10.1. The Bertz CT molecular complexity index is 291. The van der Waals surface area contributed by atoms with Gasteiger partial charge in [0, 0.05) is 0 Å². The molecule has 1 atom stereocenters. The fraction of sp³-hybridized carbons (Fsp3) is 0.944. The summed E-state index contributed by atoms with van der Waals surface area (Å²) in [7, 11) is 0. The predicted molar refractivity (Wildman–Crippen MR) is 105 cm³/mol. The minimum absolute atomic E-state index is 0.206. The molecule has 0 aromatic carbocycles. The predicted octanol–water partition coefficient (Wildman–Crippen LogP) is 4.09. The van der Waals surface area contributed by atoms with Crippen LogP contribution in [-0.4, -0.2) is 43.2 Å². The Morgan fingerprint density at radius 3 is 1.61 bits per heavy atom. The van der Waals surface area contributed by atoms with Crippen LogP contribution in [0.1, 0.15) is 72.6 Å². The van der Waals surface area contributed by atoms with Gasteiger partial charge in [-0.05, 0) is 0 Å². The van der Waals surface area contributed by atoms with Crippen LogP contribution in [0.25, 0.3) is 0 Å². The van der Waals surface area contributed by atoms with E-state index < -0.39 is 12.9 Å². The first-order valence-corrected chi connectivity index (χ1v) is 12.5. The van der Waals surface area contributed by atoms with Crippen LogP contribution in [0.4, 0.5) is 0 Å². The van der Waals surface area contributed by atoms with Crippen molar-refractivity contribution in [2.45, 2.75) is 78.7 Å². The zero-order valence-corrected chi connectivity index (χ0v) is 16.9. The van der Waals surface area contributed by atoms with E-state index in [1.54, 1.807) is 6.92 Å². The van der Waals surface area contributed by atoms with Crippen molar-refractivity contribution < 1.29 is 9.32 Å². The molecule has 5 heteroatoms. The molecule has 0 radical (unpaired) electrons. The Hall–Kier alpha value is -0.180. The molecule has 0 aliphatic carbocycles. The van der Waals surface area contributed by atoms with Crippen LogP contribution in [0.5, 0.6) is 0 Å². The van der Waals surface area contributed by atoms with Gasteiger partial charge in [0.05, 0.1) is 0 Å². The summed E-state index contributed by atoms with van der Waals surface area (Å²) in [6.45, 7) is 6.47. The molecule has 0 fully saturated rings. The van der Waals surface area contributed by atoms with Crippen molar-refractivity contribution in [1.82, 2.24) is 0 Å². The standard InChI is InChI=1S/C18H41N2O2P/c1-5-8-13-23(14-9-6-2,15-10-7-3,16-11-12-19)22-18(21)17(4)20/h17H,5-16,19-20H2,1-4H3/t17-/m0/s1. The summed E-state index contributed by atoms with van der Waals surface area (Å²) < 4.78 is 6.41. The second-order valence-corrected chi connectivity index (χ2v) is 12.8. The Kier molecular flexibility index (Phi) is 11.3. The number of nitrogens with two attached hydrogens (primary N) is 2. The second-order valence-electron chi connectivity index (χ2n) is 7.15. The third-order valence-corrected chi connectivity index (χ3v) is 11.4. The first kappa shape index (κ1) is 22.8. The zero-order valence-electron chi connectivity index (χ0n) is 16.0. The van der Waals surface area contributed by atoms with Crippen molar-refractivity contribution in [2.75, 3.05) is 31.2 Å². The topological polar surface area (TPSA) is 78.3 Å². The van der Waals surface area contributed by atoms with Crippen LogP contribution < -0.4 is 11.5 Å². The Morgan fingerprint density at radius 1 is 0.913 bits per heavy atom. The molecule has 0 saturated carbocycles. The van der Waals surface area contributed by atoms with E-state index in [0.29, 0.717) is 6.54 Å². The number of carbonyl (C=O) groups is 1. The van der Waals surface area contributed by atoms with Crippen molar-refractivity contribution in [3.8, 4) is 0 Å². The van der Waals surface area contributed by atoms with Crippen LogP contribution in [0.2, 0.25) is 0 Å². The molecule has 140 valence electrons. The third-order valence-electron chi connectivity index (χ3n) is 4.88. The summed E-state index contributed by atoms with van der Waals surface area (Å²) in [5.41, 5.74) is 11.7. The fourth-order valence-electron chi connectivity index (χ4n) is 3.36.